The number of aldehydes is 1. The summed E-state index contributed by atoms with van der Waals surface area (Å²) >= 11 is 0. The van der Waals surface area contributed by atoms with Gasteiger partial charge >= 0.3 is 0 Å². The minimum absolute atomic E-state index is 0.0582. The molecule has 4 aromatic rings. The number of hydrogen-bond acceptors (Lipinski definition) is 5. The molecule has 1 aliphatic rings. The van der Waals surface area contributed by atoms with E-state index in [0.717, 1.165) is 28.2 Å². The molecule has 2 atom stereocenters. The molecule has 1 heterocycles. The predicted octanol–water partition coefficient (Wildman–Crippen LogP) is 4.25. The second kappa shape index (κ2) is 11.7. The average Bonchev–Trinajstić information content (AvgIpc) is 3.12. The number of nitrogens with one attached hydrogen (secondary N) is 2. The quantitative estimate of drug-likeness (QED) is 0.337. The molecule has 0 saturated carbocycles. The Bertz CT molecular complexity index is 1630. The highest BCUT2D eigenvalue weighted by atomic mass is 16.2. The molecule has 41 heavy (non-hydrogen) atoms. The number of carbonyl (C=O) groups is 4. The third-order valence-electron chi connectivity index (χ3n) is 7.67. The van der Waals surface area contributed by atoms with E-state index < -0.39 is 12.1 Å². The van der Waals surface area contributed by atoms with E-state index in [2.05, 4.69) is 16.7 Å². The van der Waals surface area contributed by atoms with Crippen molar-refractivity contribution in [2.75, 3.05) is 23.4 Å². The Morgan fingerprint density at radius 3 is 2.34 bits per heavy atom. The molecule has 1 unspecified atom stereocenters. The fraction of sp³-hybridized carbons (Fsp3) is 0.212. The SMILES string of the molecule is CN[C@@H](C)C(=O)NC1CN(C(=O)c2ccc(C=O)cc2)c2ccccc2N(Cc2c(C)ccc3ccccc23)C1=O. The summed E-state index contributed by atoms with van der Waals surface area (Å²) in [6.07, 6.45) is 0.718. The molecule has 8 heteroatoms. The summed E-state index contributed by atoms with van der Waals surface area (Å²) in [6.45, 7) is 3.92. The van der Waals surface area contributed by atoms with Crippen molar-refractivity contribution in [3.63, 3.8) is 0 Å². The standard InChI is InChI=1S/C33H32N4O4/c1-21-12-15-24-8-4-5-9-26(24)27(21)18-36-29-10-6-7-11-30(29)37(32(40)25-16-13-23(20-38)14-17-25)19-28(33(36)41)35-31(39)22(2)34-3/h4-17,20,22,28,34H,18-19H2,1-3H3,(H,35,39)/t22-,28?/m0/s1. The molecule has 208 valence electrons. The maximum Gasteiger partial charge on any atom is 0.258 e. The summed E-state index contributed by atoms with van der Waals surface area (Å²) in [6, 6.07) is 24.2. The zero-order valence-corrected chi connectivity index (χ0v) is 23.3. The third kappa shape index (κ3) is 5.47. The van der Waals surface area contributed by atoms with E-state index in [1.807, 2.05) is 61.5 Å². The highest BCUT2D eigenvalue weighted by Gasteiger charge is 2.38. The van der Waals surface area contributed by atoms with Crippen molar-refractivity contribution >= 4 is 46.2 Å². The van der Waals surface area contributed by atoms with Crippen LogP contribution in [0.1, 0.15) is 38.8 Å². The van der Waals surface area contributed by atoms with Crippen molar-refractivity contribution in [3.8, 4) is 0 Å². The van der Waals surface area contributed by atoms with Gasteiger partial charge < -0.3 is 20.4 Å². The number of hydrogen-bond donors (Lipinski definition) is 2. The van der Waals surface area contributed by atoms with Crippen molar-refractivity contribution in [1.29, 1.82) is 0 Å². The van der Waals surface area contributed by atoms with Gasteiger partial charge in [-0.3, -0.25) is 19.2 Å². The van der Waals surface area contributed by atoms with Gasteiger partial charge in [0, 0.05) is 11.1 Å². The van der Waals surface area contributed by atoms with E-state index in [0.29, 0.717) is 22.5 Å². The first-order chi connectivity index (χ1) is 19.8. The Kier molecular flexibility index (Phi) is 7.94. The molecular weight excluding hydrogens is 516 g/mol. The van der Waals surface area contributed by atoms with E-state index in [4.69, 9.17) is 0 Å². The Balaban J connectivity index is 1.63. The van der Waals surface area contributed by atoms with E-state index in [1.165, 1.54) is 4.90 Å². The maximum atomic E-state index is 14.3. The molecule has 0 bridgehead atoms. The minimum atomic E-state index is -1.00. The number of fused-ring (bicyclic) bond motifs is 2. The van der Waals surface area contributed by atoms with Gasteiger partial charge in [0.2, 0.25) is 5.91 Å². The number of rotatable bonds is 7. The second-order valence-electron chi connectivity index (χ2n) is 10.2. The van der Waals surface area contributed by atoms with Gasteiger partial charge in [0.1, 0.15) is 12.3 Å². The van der Waals surface area contributed by atoms with Crippen LogP contribution in [0.2, 0.25) is 0 Å². The van der Waals surface area contributed by atoms with Crippen LogP contribution in [-0.4, -0.2) is 49.7 Å². The largest absolute Gasteiger partial charge is 0.341 e. The first kappa shape index (κ1) is 27.7. The lowest BCUT2D eigenvalue weighted by atomic mass is 9.99. The fourth-order valence-corrected chi connectivity index (χ4v) is 5.15. The summed E-state index contributed by atoms with van der Waals surface area (Å²) in [5.41, 5.74) is 3.97. The topological polar surface area (TPSA) is 98.8 Å². The molecule has 4 aromatic carbocycles. The van der Waals surface area contributed by atoms with Crippen molar-refractivity contribution in [2.24, 2.45) is 0 Å². The number of carbonyl (C=O) groups excluding carboxylic acids is 4. The van der Waals surface area contributed by atoms with E-state index in [-0.39, 0.29) is 30.8 Å². The van der Waals surface area contributed by atoms with Gasteiger partial charge in [-0.15, -0.1) is 0 Å². The molecule has 2 N–H and O–H groups in total. The summed E-state index contributed by atoms with van der Waals surface area (Å²) in [5, 5.41) is 7.89. The smallest absolute Gasteiger partial charge is 0.258 e. The third-order valence-corrected chi connectivity index (χ3v) is 7.67. The molecule has 8 nitrogen and oxygen atoms in total. The lowest BCUT2D eigenvalue weighted by Gasteiger charge is -2.27. The van der Waals surface area contributed by atoms with Crippen LogP contribution in [0.25, 0.3) is 10.8 Å². The highest BCUT2D eigenvalue weighted by molar-refractivity contribution is 6.13. The fourth-order valence-electron chi connectivity index (χ4n) is 5.15. The molecule has 0 saturated heterocycles. The van der Waals surface area contributed by atoms with Gasteiger partial charge in [0.25, 0.3) is 11.8 Å². The minimum Gasteiger partial charge on any atom is -0.341 e. The predicted molar refractivity (Wildman–Crippen MR) is 160 cm³/mol. The lowest BCUT2D eigenvalue weighted by Crippen LogP contribution is -2.55. The first-order valence-corrected chi connectivity index (χ1v) is 13.5. The molecule has 0 aromatic heterocycles. The molecule has 1 aliphatic heterocycles. The van der Waals surface area contributed by atoms with Gasteiger partial charge in [-0.1, -0.05) is 60.7 Å². The van der Waals surface area contributed by atoms with Crippen LogP contribution in [0.5, 0.6) is 0 Å². The van der Waals surface area contributed by atoms with Gasteiger partial charge in [0.15, 0.2) is 0 Å². The van der Waals surface area contributed by atoms with E-state index in [1.54, 1.807) is 43.1 Å². The van der Waals surface area contributed by atoms with Gasteiger partial charge in [-0.2, -0.15) is 0 Å². The van der Waals surface area contributed by atoms with Crippen molar-refractivity contribution in [1.82, 2.24) is 10.6 Å². The molecule has 0 aliphatic carbocycles. The summed E-state index contributed by atoms with van der Waals surface area (Å²) < 4.78 is 0. The van der Waals surface area contributed by atoms with Crippen LogP contribution in [-0.2, 0) is 16.1 Å². The van der Waals surface area contributed by atoms with Gasteiger partial charge in [-0.25, -0.2) is 0 Å². The summed E-state index contributed by atoms with van der Waals surface area (Å²) in [5.74, 6) is -0.999. The Labute approximate surface area is 239 Å². The molecule has 3 amide bonds. The monoisotopic (exact) mass is 548 g/mol. The molecule has 5 rings (SSSR count). The molecule has 0 fully saturated rings. The number of para-hydroxylation sites is 2. The van der Waals surface area contributed by atoms with Crippen molar-refractivity contribution < 1.29 is 19.2 Å². The van der Waals surface area contributed by atoms with E-state index in [9.17, 15) is 19.2 Å². The molecule has 0 spiro atoms. The number of anilines is 2. The molecule has 0 radical (unpaired) electrons. The van der Waals surface area contributed by atoms with Crippen LogP contribution >= 0.6 is 0 Å². The van der Waals surface area contributed by atoms with Gasteiger partial charge in [0.05, 0.1) is 30.5 Å². The normalized spacial score (nSPS) is 15.7. The number of benzene rings is 4. The highest BCUT2D eigenvalue weighted by Crippen LogP contribution is 2.36. The number of likely N-dealkylation sites (N-methyl/N-ethyl adjacent to an activating group) is 1. The Morgan fingerprint density at radius 1 is 0.951 bits per heavy atom. The zero-order chi connectivity index (χ0) is 29.1. The number of amides is 3. The maximum absolute atomic E-state index is 14.3. The molecular formula is C33H32N4O4. The average molecular weight is 549 g/mol. The van der Waals surface area contributed by atoms with Crippen LogP contribution < -0.4 is 20.4 Å². The van der Waals surface area contributed by atoms with Crippen molar-refractivity contribution in [3.05, 3.63) is 107 Å². The zero-order valence-electron chi connectivity index (χ0n) is 23.3. The van der Waals surface area contributed by atoms with Crippen molar-refractivity contribution in [2.45, 2.75) is 32.5 Å². The Morgan fingerprint density at radius 2 is 1.63 bits per heavy atom. The lowest BCUT2D eigenvalue weighted by molar-refractivity contribution is -0.128. The number of aryl methyl sites for hydroxylation is 1. The summed E-state index contributed by atoms with van der Waals surface area (Å²) in [4.78, 5) is 55.6. The first-order valence-electron chi connectivity index (χ1n) is 13.5. The second-order valence-corrected chi connectivity index (χ2v) is 10.2. The van der Waals surface area contributed by atoms with Crippen LogP contribution in [0.15, 0.2) is 84.9 Å². The summed E-state index contributed by atoms with van der Waals surface area (Å²) in [7, 11) is 1.67. The van der Waals surface area contributed by atoms with Gasteiger partial charge in [-0.05, 0) is 67.1 Å². The van der Waals surface area contributed by atoms with Crippen LogP contribution in [0.4, 0.5) is 11.4 Å². The number of nitrogens with zero attached hydrogens (tertiary/aromatic N) is 2. The van der Waals surface area contributed by atoms with E-state index >= 15 is 0 Å². The van der Waals surface area contributed by atoms with Crippen LogP contribution in [0.3, 0.4) is 0 Å². The Hall–Kier alpha value is -4.82. The van der Waals surface area contributed by atoms with Crippen LogP contribution in [0, 0.1) is 6.92 Å².